The lowest BCUT2D eigenvalue weighted by Gasteiger charge is -2.10. The predicted octanol–water partition coefficient (Wildman–Crippen LogP) is -1.58. The number of ether oxygens (including phenoxy) is 2. The Morgan fingerprint density at radius 3 is 2.46 bits per heavy atom. The lowest BCUT2D eigenvalue weighted by Crippen LogP contribution is -3.00. The van der Waals surface area contributed by atoms with E-state index in [1.807, 2.05) is 13.0 Å². The number of hydrogen-bond acceptors (Lipinski definition) is 4. The molecule has 1 aromatic heterocycles. The van der Waals surface area contributed by atoms with Crippen LogP contribution in [0.4, 0.5) is 0 Å². The third-order valence-electron chi connectivity index (χ3n) is 3.83. The van der Waals surface area contributed by atoms with Crippen molar-refractivity contribution in [3.8, 4) is 17.2 Å². The first-order valence-corrected chi connectivity index (χ1v) is 7.09. The number of aromatic hydroxyl groups is 1. The number of rotatable bonds is 4. The predicted molar refractivity (Wildman–Crippen MR) is 87.7 cm³/mol. The standard InChI is InChI=1S/C17H20N2O4.ClH/c1-11-10-13(19(3)17(21)18(11)2)8-6-12-7-9-14(22-4)15(20)16(12)23-5;/h6-10H,1-5H3;1H. The molecular weight excluding hydrogens is 332 g/mol. The van der Waals surface area contributed by atoms with Gasteiger partial charge in [-0.25, -0.2) is 0 Å². The molecule has 0 fully saturated rings. The maximum Gasteiger partial charge on any atom is 0.498 e. The normalized spacial score (nSPS) is 10.5. The number of aromatic nitrogens is 2. The molecule has 0 spiro atoms. The van der Waals surface area contributed by atoms with Gasteiger partial charge < -0.3 is 27.0 Å². The lowest BCUT2D eigenvalue weighted by molar-refractivity contribution is -0.692. The number of phenolic OH excluding ortho intramolecular Hbond substituents is 1. The zero-order chi connectivity index (χ0) is 17.1. The van der Waals surface area contributed by atoms with E-state index in [0.717, 1.165) is 11.4 Å². The molecule has 24 heavy (non-hydrogen) atoms. The quantitative estimate of drug-likeness (QED) is 0.674. The van der Waals surface area contributed by atoms with E-state index >= 15 is 0 Å². The second kappa shape index (κ2) is 7.88. The minimum atomic E-state index is -0.103. The van der Waals surface area contributed by atoms with Crippen molar-refractivity contribution in [1.29, 1.82) is 0 Å². The number of hydrogen-bond donors (Lipinski definition) is 1. The van der Waals surface area contributed by atoms with E-state index in [1.54, 1.807) is 47.5 Å². The largest absolute Gasteiger partial charge is 1.00 e. The smallest absolute Gasteiger partial charge is 0.498 e. The summed E-state index contributed by atoms with van der Waals surface area (Å²) < 4.78 is 13.5. The molecule has 2 rings (SSSR count). The van der Waals surface area contributed by atoms with E-state index in [2.05, 4.69) is 0 Å². The van der Waals surface area contributed by atoms with Crippen LogP contribution in [-0.2, 0) is 14.1 Å². The summed E-state index contributed by atoms with van der Waals surface area (Å²) in [5, 5.41) is 10.1. The molecule has 6 nitrogen and oxygen atoms in total. The molecule has 130 valence electrons. The van der Waals surface area contributed by atoms with Crippen LogP contribution < -0.4 is 32.1 Å². The zero-order valence-corrected chi connectivity index (χ0v) is 15.1. The molecule has 0 unspecified atom stereocenters. The number of methoxy groups -OCH3 is 2. The summed E-state index contributed by atoms with van der Waals surface area (Å²) in [7, 11) is 6.40. The molecule has 0 saturated carbocycles. The minimum Gasteiger partial charge on any atom is -1.00 e. The topological polar surface area (TPSA) is 64.6 Å². The van der Waals surface area contributed by atoms with Crippen molar-refractivity contribution in [1.82, 2.24) is 4.57 Å². The molecular formula is C17H21ClN2O4. The molecule has 0 saturated heterocycles. The SMILES string of the molecule is COc1ccc(C=Cc2cc(C)n(C)c(=O)[n+]2C)c(OC)c1O.[Cl-]. The van der Waals surface area contributed by atoms with Crippen LogP contribution in [0.3, 0.4) is 0 Å². The second-order valence-electron chi connectivity index (χ2n) is 5.18. The Labute approximate surface area is 147 Å². The van der Waals surface area contributed by atoms with Crippen LogP contribution in [0.2, 0.25) is 0 Å². The monoisotopic (exact) mass is 352 g/mol. The molecule has 0 aliphatic carbocycles. The van der Waals surface area contributed by atoms with Crippen LogP contribution in [0.5, 0.6) is 17.2 Å². The third-order valence-corrected chi connectivity index (χ3v) is 3.83. The molecule has 1 heterocycles. The summed E-state index contributed by atoms with van der Waals surface area (Å²) in [5.41, 5.74) is 2.19. The average Bonchev–Trinajstić information content (AvgIpc) is 2.55. The van der Waals surface area contributed by atoms with Crippen molar-refractivity contribution in [2.45, 2.75) is 6.92 Å². The Bertz CT molecular complexity index is 828. The lowest BCUT2D eigenvalue weighted by atomic mass is 10.1. The first-order chi connectivity index (χ1) is 10.9. The van der Waals surface area contributed by atoms with Gasteiger partial charge in [0.1, 0.15) is 11.4 Å². The molecule has 0 amide bonds. The summed E-state index contributed by atoms with van der Waals surface area (Å²) in [4.78, 5) is 12.1. The molecule has 1 aromatic carbocycles. The first kappa shape index (κ1) is 19.6. The summed E-state index contributed by atoms with van der Waals surface area (Å²) in [6.45, 7) is 1.87. The molecule has 0 aliphatic heterocycles. The van der Waals surface area contributed by atoms with Gasteiger partial charge in [0.2, 0.25) is 5.75 Å². The van der Waals surface area contributed by atoms with Crippen molar-refractivity contribution < 1.29 is 31.6 Å². The Balaban J connectivity index is 0.00000288. The van der Waals surface area contributed by atoms with Gasteiger partial charge in [-0.05, 0) is 31.2 Å². The van der Waals surface area contributed by atoms with Crippen molar-refractivity contribution >= 4 is 12.2 Å². The van der Waals surface area contributed by atoms with Gasteiger partial charge in [0.25, 0.3) is 0 Å². The first-order valence-electron chi connectivity index (χ1n) is 7.09. The van der Waals surface area contributed by atoms with Crippen LogP contribution in [0.15, 0.2) is 23.0 Å². The number of phenols is 1. The molecule has 0 aliphatic rings. The van der Waals surface area contributed by atoms with Crippen molar-refractivity contribution in [2.24, 2.45) is 14.1 Å². The van der Waals surface area contributed by atoms with Gasteiger partial charge in [-0.1, -0.05) is 0 Å². The Kier molecular flexibility index (Phi) is 6.42. The van der Waals surface area contributed by atoms with E-state index in [4.69, 9.17) is 9.47 Å². The Hall–Kier alpha value is -2.47. The second-order valence-corrected chi connectivity index (χ2v) is 5.18. The van der Waals surface area contributed by atoms with Crippen LogP contribution in [0, 0.1) is 6.92 Å². The van der Waals surface area contributed by atoms with Gasteiger partial charge >= 0.3 is 5.69 Å². The van der Waals surface area contributed by atoms with Crippen LogP contribution >= 0.6 is 0 Å². The maximum atomic E-state index is 12.1. The van der Waals surface area contributed by atoms with E-state index in [-0.39, 0.29) is 23.8 Å². The van der Waals surface area contributed by atoms with E-state index in [9.17, 15) is 9.90 Å². The van der Waals surface area contributed by atoms with Crippen LogP contribution in [-0.4, -0.2) is 23.9 Å². The van der Waals surface area contributed by atoms with Crippen LogP contribution in [0.25, 0.3) is 12.2 Å². The number of aryl methyl sites for hydroxylation is 1. The molecule has 0 atom stereocenters. The van der Waals surface area contributed by atoms with Crippen molar-refractivity contribution in [3.63, 3.8) is 0 Å². The van der Waals surface area contributed by atoms with Crippen molar-refractivity contribution in [3.05, 3.63) is 45.6 Å². The molecule has 0 radical (unpaired) electrons. The molecule has 0 bridgehead atoms. The highest BCUT2D eigenvalue weighted by Crippen LogP contribution is 2.39. The maximum absolute atomic E-state index is 12.1. The highest BCUT2D eigenvalue weighted by molar-refractivity contribution is 5.74. The number of benzene rings is 1. The van der Waals surface area contributed by atoms with Gasteiger partial charge in [-0.15, -0.1) is 0 Å². The highest BCUT2D eigenvalue weighted by atomic mass is 35.5. The highest BCUT2D eigenvalue weighted by Gasteiger charge is 2.14. The van der Waals surface area contributed by atoms with Crippen molar-refractivity contribution in [2.75, 3.05) is 14.2 Å². The fourth-order valence-corrected chi connectivity index (χ4v) is 2.31. The van der Waals surface area contributed by atoms with E-state index < -0.39 is 0 Å². The molecule has 1 N–H and O–H groups in total. The van der Waals surface area contributed by atoms with Gasteiger partial charge in [-0.3, -0.25) is 0 Å². The zero-order valence-electron chi connectivity index (χ0n) is 14.3. The summed E-state index contributed by atoms with van der Waals surface area (Å²) in [5.74, 6) is 0.611. The Morgan fingerprint density at radius 2 is 1.88 bits per heavy atom. The number of halogens is 1. The molecule has 2 aromatic rings. The third kappa shape index (κ3) is 3.54. The average molecular weight is 353 g/mol. The Morgan fingerprint density at radius 1 is 1.21 bits per heavy atom. The molecule has 7 heteroatoms. The number of nitrogens with zero attached hydrogens (tertiary/aromatic N) is 2. The minimum absolute atomic E-state index is 0. The van der Waals surface area contributed by atoms with Gasteiger partial charge in [0.05, 0.1) is 28.3 Å². The van der Waals surface area contributed by atoms with Gasteiger partial charge in [0.15, 0.2) is 11.5 Å². The summed E-state index contributed by atoms with van der Waals surface area (Å²) >= 11 is 0. The van der Waals surface area contributed by atoms with Gasteiger partial charge in [0, 0.05) is 11.6 Å². The summed E-state index contributed by atoms with van der Waals surface area (Å²) in [6.07, 6.45) is 3.59. The van der Waals surface area contributed by atoms with Gasteiger partial charge in [-0.2, -0.15) is 13.9 Å². The fourth-order valence-electron chi connectivity index (χ4n) is 2.31. The van der Waals surface area contributed by atoms with Crippen LogP contribution in [0.1, 0.15) is 17.0 Å². The fraction of sp³-hybridized carbons (Fsp3) is 0.294. The van der Waals surface area contributed by atoms with E-state index in [1.165, 1.54) is 14.2 Å². The summed E-state index contributed by atoms with van der Waals surface area (Å²) in [6, 6.07) is 5.35. The van der Waals surface area contributed by atoms with E-state index in [0.29, 0.717) is 17.1 Å².